The zero-order chi connectivity index (χ0) is 17.6. The molecule has 1 atom stereocenters. The van der Waals surface area contributed by atoms with Crippen LogP contribution in [-0.2, 0) is 14.8 Å². The van der Waals surface area contributed by atoms with E-state index in [2.05, 4.69) is 10.0 Å². The number of hydrogen-bond acceptors (Lipinski definition) is 5. The Hall–Kier alpha value is -2.00. The van der Waals surface area contributed by atoms with Gasteiger partial charge in [0.05, 0.1) is 9.82 Å². The van der Waals surface area contributed by atoms with Crippen molar-refractivity contribution in [1.29, 1.82) is 0 Å². The van der Waals surface area contributed by atoms with Crippen molar-refractivity contribution in [3.63, 3.8) is 0 Å². The molecule has 0 bridgehead atoms. The molecule has 0 aliphatic heterocycles. The summed E-state index contributed by atoms with van der Waals surface area (Å²) in [6, 6.07) is 4.58. The van der Waals surface area contributed by atoms with Gasteiger partial charge in [-0.15, -0.1) is 0 Å². The summed E-state index contributed by atoms with van der Waals surface area (Å²) in [5.41, 5.74) is -0.182. The highest BCUT2D eigenvalue weighted by atomic mass is 32.2. The van der Waals surface area contributed by atoms with Crippen LogP contribution in [0, 0.1) is 22.0 Å². The maximum Gasteiger partial charge on any atom is 0.269 e. The van der Waals surface area contributed by atoms with Crippen molar-refractivity contribution in [2.75, 3.05) is 13.1 Å². The molecule has 0 aromatic heterocycles. The fourth-order valence-electron chi connectivity index (χ4n) is 1.67. The van der Waals surface area contributed by atoms with Gasteiger partial charge in [0.2, 0.25) is 15.9 Å². The van der Waals surface area contributed by atoms with Gasteiger partial charge in [0.15, 0.2) is 0 Å². The Labute approximate surface area is 135 Å². The molecule has 8 nitrogen and oxygen atoms in total. The molecule has 0 unspecified atom stereocenters. The summed E-state index contributed by atoms with van der Waals surface area (Å²) in [5, 5.41) is 13.2. The van der Waals surface area contributed by atoms with E-state index >= 15 is 0 Å². The van der Waals surface area contributed by atoms with Crippen LogP contribution in [0.5, 0.6) is 0 Å². The van der Waals surface area contributed by atoms with E-state index in [1.54, 1.807) is 6.92 Å². The number of hydrogen-bond donors (Lipinski definition) is 2. The molecule has 0 fully saturated rings. The summed E-state index contributed by atoms with van der Waals surface area (Å²) in [5.74, 6) is -0.0809. The highest BCUT2D eigenvalue weighted by molar-refractivity contribution is 7.89. The minimum atomic E-state index is -3.76. The summed E-state index contributed by atoms with van der Waals surface area (Å²) in [6.45, 7) is 5.88. The second-order valence-electron chi connectivity index (χ2n) is 5.47. The number of nitrogens with zero attached hydrogens (tertiary/aromatic N) is 1. The third kappa shape index (κ3) is 5.61. The number of carbonyl (C=O) groups is 1. The van der Waals surface area contributed by atoms with Crippen LogP contribution in [0.4, 0.5) is 5.69 Å². The molecule has 0 heterocycles. The largest absolute Gasteiger partial charge is 0.355 e. The first-order valence-electron chi connectivity index (χ1n) is 7.17. The lowest BCUT2D eigenvalue weighted by molar-refractivity contribution is -0.384. The van der Waals surface area contributed by atoms with Gasteiger partial charge in [-0.1, -0.05) is 20.8 Å². The minimum Gasteiger partial charge on any atom is -0.355 e. The Morgan fingerprint density at radius 3 is 2.22 bits per heavy atom. The van der Waals surface area contributed by atoms with E-state index in [-0.39, 0.29) is 41.4 Å². The van der Waals surface area contributed by atoms with Crippen LogP contribution in [0.25, 0.3) is 0 Å². The third-order valence-corrected chi connectivity index (χ3v) is 4.96. The lowest BCUT2D eigenvalue weighted by atomic mass is 9.97. The molecular weight excluding hydrogens is 322 g/mol. The number of rotatable bonds is 8. The molecule has 1 amide bonds. The standard InChI is InChI=1S/C14H21N3O5S/c1-10(2)11(3)14(18)15-8-9-16-23(21,22)13-6-4-12(5-7-13)17(19)20/h4-7,10-11,16H,8-9H2,1-3H3,(H,15,18)/t11-/m1/s1. The third-order valence-electron chi connectivity index (χ3n) is 3.49. The number of nitrogens with one attached hydrogen (secondary N) is 2. The summed E-state index contributed by atoms with van der Waals surface area (Å²) < 4.78 is 26.3. The monoisotopic (exact) mass is 343 g/mol. The van der Waals surface area contributed by atoms with E-state index in [9.17, 15) is 23.3 Å². The molecule has 0 aliphatic rings. The van der Waals surface area contributed by atoms with E-state index in [1.807, 2.05) is 13.8 Å². The predicted octanol–water partition coefficient (Wildman–Crippen LogP) is 1.28. The van der Waals surface area contributed by atoms with Gasteiger partial charge in [-0.25, -0.2) is 13.1 Å². The molecule has 1 aromatic carbocycles. The number of non-ortho nitro benzene ring substituents is 1. The average Bonchev–Trinajstić information content (AvgIpc) is 2.50. The van der Waals surface area contributed by atoms with Gasteiger partial charge in [0.25, 0.3) is 5.69 Å². The molecule has 9 heteroatoms. The zero-order valence-corrected chi connectivity index (χ0v) is 14.1. The molecule has 23 heavy (non-hydrogen) atoms. The number of nitro groups is 1. The van der Waals surface area contributed by atoms with Crippen LogP contribution in [-0.4, -0.2) is 32.3 Å². The second kappa shape index (κ2) is 8.02. The molecule has 0 saturated carbocycles. The van der Waals surface area contributed by atoms with Crippen LogP contribution in [0.2, 0.25) is 0 Å². The molecule has 1 aromatic rings. The van der Waals surface area contributed by atoms with Gasteiger partial charge < -0.3 is 5.32 Å². The summed E-state index contributed by atoms with van der Waals surface area (Å²) >= 11 is 0. The molecule has 128 valence electrons. The van der Waals surface area contributed by atoms with E-state index in [0.717, 1.165) is 12.1 Å². The number of amides is 1. The first-order valence-corrected chi connectivity index (χ1v) is 8.65. The Kier molecular flexibility index (Phi) is 6.64. The highest BCUT2D eigenvalue weighted by Crippen LogP contribution is 2.15. The van der Waals surface area contributed by atoms with E-state index < -0.39 is 14.9 Å². The lowest BCUT2D eigenvalue weighted by Gasteiger charge is -2.15. The number of nitro benzene ring substituents is 1. The van der Waals surface area contributed by atoms with Crippen LogP contribution in [0.15, 0.2) is 29.2 Å². The number of benzene rings is 1. The maximum absolute atomic E-state index is 12.0. The molecule has 0 aliphatic carbocycles. The molecule has 1 rings (SSSR count). The van der Waals surface area contributed by atoms with Crippen LogP contribution >= 0.6 is 0 Å². The van der Waals surface area contributed by atoms with Crippen molar-refractivity contribution in [3.8, 4) is 0 Å². The van der Waals surface area contributed by atoms with Gasteiger partial charge in [-0.3, -0.25) is 14.9 Å². The van der Waals surface area contributed by atoms with Gasteiger partial charge in [-0.2, -0.15) is 0 Å². The first-order chi connectivity index (χ1) is 10.6. The molecule has 2 N–H and O–H groups in total. The smallest absolute Gasteiger partial charge is 0.269 e. The molecule has 0 radical (unpaired) electrons. The quantitative estimate of drug-likeness (QED) is 0.419. The van der Waals surface area contributed by atoms with Crippen LogP contribution in [0.3, 0.4) is 0 Å². The zero-order valence-electron chi connectivity index (χ0n) is 13.3. The Morgan fingerprint density at radius 1 is 1.17 bits per heavy atom. The predicted molar refractivity (Wildman–Crippen MR) is 85.3 cm³/mol. The fraction of sp³-hybridized carbons (Fsp3) is 0.500. The summed E-state index contributed by atoms with van der Waals surface area (Å²) in [6.07, 6.45) is 0. The van der Waals surface area contributed by atoms with Crippen molar-refractivity contribution in [3.05, 3.63) is 34.4 Å². The Balaban J connectivity index is 2.53. The van der Waals surface area contributed by atoms with Crippen molar-refractivity contribution in [2.24, 2.45) is 11.8 Å². The topological polar surface area (TPSA) is 118 Å². The maximum atomic E-state index is 12.0. The number of carbonyl (C=O) groups excluding carboxylic acids is 1. The van der Waals surface area contributed by atoms with Crippen molar-refractivity contribution in [2.45, 2.75) is 25.7 Å². The Bertz CT molecular complexity index is 655. The van der Waals surface area contributed by atoms with E-state index in [0.29, 0.717) is 0 Å². The fourth-order valence-corrected chi connectivity index (χ4v) is 2.70. The lowest BCUT2D eigenvalue weighted by Crippen LogP contribution is -2.38. The SMILES string of the molecule is CC(C)[C@@H](C)C(=O)NCCNS(=O)(=O)c1ccc([N+](=O)[O-])cc1. The van der Waals surface area contributed by atoms with Gasteiger partial charge in [0, 0.05) is 31.1 Å². The van der Waals surface area contributed by atoms with Gasteiger partial charge >= 0.3 is 0 Å². The number of sulfonamides is 1. The highest BCUT2D eigenvalue weighted by Gasteiger charge is 2.17. The molecule has 0 saturated heterocycles. The van der Waals surface area contributed by atoms with Crippen molar-refractivity contribution < 1.29 is 18.1 Å². The van der Waals surface area contributed by atoms with E-state index in [4.69, 9.17) is 0 Å². The Morgan fingerprint density at radius 2 is 1.74 bits per heavy atom. The van der Waals surface area contributed by atoms with Crippen LogP contribution < -0.4 is 10.0 Å². The summed E-state index contributed by atoms with van der Waals surface area (Å²) in [7, 11) is -3.76. The van der Waals surface area contributed by atoms with E-state index in [1.165, 1.54) is 12.1 Å². The van der Waals surface area contributed by atoms with Crippen molar-refractivity contribution in [1.82, 2.24) is 10.0 Å². The molecule has 0 spiro atoms. The molecular formula is C14H21N3O5S. The minimum absolute atomic E-state index is 0.0376. The van der Waals surface area contributed by atoms with Gasteiger partial charge in [-0.05, 0) is 18.1 Å². The normalized spacial score (nSPS) is 12.9. The van der Waals surface area contributed by atoms with Gasteiger partial charge in [0.1, 0.15) is 0 Å². The van der Waals surface area contributed by atoms with Crippen LogP contribution in [0.1, 0.15) is 20.8 Å². The first kappa shape index (κ1) is 19.0. The second-order valence-corrected chi connectivity index (χ2v) is 7.24. The average molecular weight is 343 g/mol. The summed E-state index contributed by atoms with van der Waals surface area (Å²) in [4.78, 5) is 21.6. The van der Waals surface area contributed by atoms with Crippen molar-refractivity contribution >= 4 is 21.6 Å².